The highest BCUT2D eigenvalue weighted by molar-refractivity contribution is 5.76. The lowest BCUT2D eigenvalue weighted by Crippen LogP contribution is -2.15. The molecule has 0 unspecified atom stereocenters. The third-order valence-electron chi connectivity index (χ3n) is 4.85. The molecule has 1 rings (SSSR count). The summed E-state index contributed by atoms with van der Waals surface area (Å²) in [7, 11) is 0. The number of aromatic nitrogens is 3. The molecule has 12 nitrogen and oxygen atoms in total. The normalized spacial score (nSPS) is 10.5. The summed E-state index contributed by atoms with van der Waals surface area (Å²) in [6.45, 7) is 1.84. The average Bonchev–Trinajstić information content (AvgIpc) is 2.75. The number of aliphatic carboxylic acids is 3. The van der Waals surface area contributed by atoms with Gasteiger partial charge in [0.25, 0.3) is 0 Å². The third kappa shape index (κ3) is 14.5. The largest absolute Gasteiger partial charge is 0.481 e. The van der Waals surface area contributed by atoms with Crippen LogP contribution in [0.2, 0.25) is 0 Å². The Kier molecular flexibility index (Phi) is 14.7. The van der Waals surface area contributed by atoms with E-state index in [1.54, 1.807) is 0 Å². The van der Waals surface area contributed by atoms with Crippen LogP contribution in [0.4, 0.5) is 17.3 Å². The molecular formula is C21H36N6O6. The van der Waals surface area contributed by atoms with Crippen LogP contribution in [0.15, 0.2) is 0 Å². The minimum Gasteiger partial charge on any atom is -0.481 e. The van der Waals surface area contributed by atoms with Crippen molar-refractivity contribution in [1.29, 1.82) is 0 Å². The van der Waals surface area contributed by atoms with E-state index in [-0.39, 0.29) is 19.3 Å². The number of rotatable bonds is 21. The number of hydrogen-bond donors (Lipinski definition) is 6. The van der Waals surface area contributed by atoms with Crippen LogP contribution in [-0.2, 0) is 14.4 Å². The van der Waals surface area contributed by atoms with Crippen molar-refractivity contribution in [1.82, 2.24) is 15.4 Å². The van der Waals surface area contributed by atoms with Gasteiger partial charge in [-0.3, -0.25) is 14.4 Å². The Balaban J connectivity index is 2.58. The lowest BCUT2D eigenvalue weighted by atomic mass is 10.2. The van der Waals surface area contributed by atoms with E-state index in [0.29, 0.717) is 56.2 Å². The van der Waals surface area contributed by atoms with Gasteiger partial charge in [-0.25, -0.2) is 0 Å². The van der Waals surface area contributed by atoms with Crippen molar-refractivity contribution in [2.24, 2.45) is 0 Å². The second kappa shape index (κ2) is 17.4. The van der Waals surface area contributed by atoms with Crippen LogP contribution in [0.3, 0.4) is 0 Å². The van der Waals surface area contributed by atoms with Crippen LogP contribution in [0, 0.1) is 0 Å². The van der Waals surface area contributed by atoms with Gasteiger partial charge in [0.1, 0.15) is 5.69 Å². The van der Waals surface area contributed by atoms with Gasteiger partial charge in [0.05, 0.1) is 0 Å². The molecule has 0 saturated heterocycles. The summed E-state index contributed by atoms with van der Waals surface area (Å²) >= 11 is 0. The first kappa shape index (κ1) is 27.9. The first-order valence-electron chi connectivity index (χ1n) is 11.5. The fourth-order valence-electron chi connectivity index (χ4n) is 3.10. The lowest BCUT2D eigenvalue weighted by molar-refractivity contribution is -0.138. The van der Waals surface area contributed by atoms with Gasteiger partial charge in [-0.15, -0.1) is 10.2 Å². The molecule has 0 amide bonds. The van der Waals surface area contributed by atoms with Crippen molar-refractivity contribution in [2.75, 3.05) is 35.6 Å². The molecule has 0 saturated carbocycles. The molecular weight excluding hydrogens is 432 g/mol. The smallest absolute Gasteiger partial charge is 0.303 e. The Morgan fingerprint density at radius 3 is 1.27 bits per heavy atom. The van der Waals surface area contributed by atoms with E-state index in [9.17, 15) is 14.4 Å². The van der Waals surface area contributed by atoms with Crippen molar-refractivity contribution in [3.63, 3.8) is 0 Å². The van der Waals surface area contributed by atoms with Gasteiger partial charge < -0.3 is 31.3 Å². The van der Waals surface area contributed by atoms with Crippen LogP contribution in [-0.4, -0.2) is 68.3 Å². The predicted molar refractivity (Wildman–Crippen MR) is 124 cm³/mol. The SMILES string of the molecule is O=C(O)CCCCCNc1nnnc(NCCCCCC(=O)O)c1NCCCCCC(=O)O. The molecule has 0 spiro atoms. The fourth-order valence-corrected chi connectivity index (χ4v) is 3.10. The molecule has 0 radical (unpaired) electrons. The molecule has 186 valence electrons. The Morgan fingerprint density at radius 1 is 0.545 bits per heavy atom. The molecule has 1 aromatic heterocycles. The van der Waals surface area contributed by atoms with E-state index in [2.05, 4.69) is 31.4 Å². The minimum atomic E-state index is -0.796. The maximum absolute atomic E-state index is 10.6. The van der Waals surface area contributed by atoms with Crippen LogP contribution in [0.25, 0.3) is 0 Å². The summed E-state index contributed by atoms with van der Waals surface area (Å²) in [5, 5.41) is 47.9. The molecule has 33 heavy (non-hydrogen) atoms. The van der Waals surface area contributed by atoms with Crippen molar-refractivity contribution >= 4 is 35.2 Å². The Morgan fingerprint density at radius 2 is 0.909 bits per heavy atom. The zero-order valence-corrected chi connectivity index (χ0v) is 19.0. The number of carbonyl (C=O) groups is 3. The van der Waals surface area contributed by atoms with Gasteiger partial charge in [-0.05, 0) is 43.7 Å². The molecule has 12 heteroatoms. The molecule has 0 aromatic carbocycles. The van der Waals surface area contributed by atoms with E-state index in [4.69, 9.17) is 15.3 Å². The molecule has 0 aliphatic carbocycles. The van der Waals surface area contributed by atoms with Crippen molar-refractivity contribution in [3.05, 3.63) is 0 Å². The molecule has 0 aliphatic heterocycles. The second-order valence-electron chi connectivity index (χ2n) is 7.76. The number of anilines is 3. The summed E-state index contributed by atoms with van der Waals surface area (Å²) in [5.41, 5.74) is 0.680. The van der Waals surface area contributed by atoms with Gasteiger partial charge >= 0.3 is 17.9 Å². The zero-order chi connectivity index (χ0) is 24.3. The topological polar surface area (TPSA) is 187 Å². The molecule has 0 fully saturated rings. The molecule has 1 aromatic rings. The first-order valence-corrected chi connectivity index (χ1v) is 11.5. The zero-order valence-electron chi connectivity index (χ0n) is 19.0. The highest BCUT2D eigenvalue weighted by Crippen LogP contribution is 2.26. The summed E-state index contributed by atoms with van der Waals surface area (Å²) < 4.78 is 0. The van der Waals surface area contributed by atoms with Crippen molar-refractivity contribution in [3.8, 4) is 0 Å². The monoisotopic (exact) mass is 468 g/mol. The molecule has 0 aliphatic rings. The second-order valence-corrected chi connectivity index (χ2v) is 7.76. The van der Waals surface area contributed by atoms with Gasteiger partial charge in [0, 0.05) is 38.9 Å². The van der Waals surface area contributed by atoms with Crippen LogP contribution < -0.4 is 16.0 Å². The average molecular weight is 469 g/mol. The minimum absolute atomic E-state index is 0.154. The quantitative estimate of drug-likeness (QED) is 0.145. The molecule has 6 N–H and O–H groups in total. The number of carboxylic acid groups (broad SMARTS) is 3. The number of hydrogen-bond acceptors (Lipinski definition) is 9. The van der Waals surface area contributed by atoms with Crippen LogP contribution in [0.1, 0.15) is 77.0 Å². The summed E-state index contributed by atoms with van der Waals surface area (Å²) in [4.78, 5) is 31.8. The summed E-state index contributed by atoms with van der Waals surface area (Å²) in [6, 6.07) is 0. The van der Waals surface area contributed by atoms with Gasteiger partial charge in [0.2, 0.25) is 0 Å². The predicted octanol–water partition coefficient (Wildman–Crippen LogP) is 3.04. The third-order valence-corrected chi connectivity index (χ3v) is 4.85. The maximum Gasteiger partial charge on any atom is 0.303 e. The first-order chi connectivity index (χ1) is 15.9. The molecule has 1 heterocycles. The number of unbranched alkanes of at least 4 members (excludes halogenated alkanes) is 6. The van der Waals surface area contributed by atoms with Crippen LogP contribution >= 0.6 is 0 Å². The Bertz CT molecular complexity index is 689. The van der Waals surface area contributed by atoms with Gasteiger partial charge in [0.15, 0.2) is 11.6 Å². The van der Waals surface area contributed by atoms with E-state index in [1.807, 2.05) is 0 Å². The van der Waals surface area contributed by atoms with Crippen LogP contribution in [0.5, 0.6) is 0 Å². The van der Waals surface area contributed by atoms with Crippen molar-refractivity contribution < 1.29 is 29.7 Å². The number of nitrogens with one attached hydrogen (secondary N) is 3. The Labute approximate surface area is 193 Å². The standard InChI is InChI=1S/C21H36N6O6/c28-16(29)10-4-1-7-13-22-19-20(23-14-8-2-5-11-17(30)31)25-27-26-21(19)24-15-9-3-6-12-18(32)33/h1-15H2,(H,22,27)(H,28,29)(H,30,31)(H,32,33)(H2,23,24,25,26). The van der Waals surface area contributed by atoms with E-state index < -0.39 is 17.9 Å². The number of nitrogens with zero attached hydrogens (tertiary/aromatic N) is 3. The highest BCUT2D eigenvalue weighted by atomic mass is 16.4. The highest BCUT2D eigenvalue weighted by Gasteiger charge is 2.12. The van der Waals surface area contributed by atoms with Crippen molar-refractivity contribution in [2.45, 2.75) is 77.0 Å². The summed E-state index contributed by atoms with van der Waals surface area (Å²) in [5.74, 6) is -1.30. The fraction of sp³-hybridized carbons (Fsp3) is 0.714. The Hall–Kier alpha value is -3.18. The number of carboxylic acids is 3. The maximum atomic E-state index is 10.6. The lowest BCUT2D eigenvalue weighted by Gasteiger charge is -2.16. The molecule has 0 bridgehead atoms. The van der Waals surface area contributed by atoms with E-state index >= 15 is 0 Å². The van der Waals surface area contributed by atoms with Gasteiger partial charge in [-0.1, -0.05) is 19.3 Å². The van der Waals surface area contributed by atoms with E-state index in [0.717, 1.165) is 38.5 Å². The summed E-state index contributed by atoms with van der Waals surface area (Å²) in [6.07, 6.45) is 7.05. The van der Waals surface area contributed by atoms with Gasteiger partial charge in [-0.2, -0.15) is 0 Å². The molecule has 0 atom stereocenters. The van der Waals surface area contributed by atoms with E-state index in [1.165, 1.54) is 0 Å².